The summed E-state index contributed by atoms with van der Waals surface area (Å²) >= 11 is 1.88. The van der Waals surface area contributed by atoms with Crippen molar-refractivity contribution in [3.8, 4) is 44.5 Å². The van der Waals surface area contributed by atoms with E-state index in [1.165, 1.54) is 86.2 Å². The van der Waals surface area contributed by atoms with Crippen LogP contribution in [0.5, 0.6) is 0 Å². The lowest BCUT2D eigenvalue weighted by Gasteiger charge is -2.32. The lowest BCUT2D eigenvalue weighted by Crippen LogP contribution is -2.13. The van der Waals surface area contributed by atoms with Crippen molar-refractivity contribution in [2.24, 2.45) is 0 Å². The first kappa shape index (κ1) is 34.0. The van der Waals surface area contributed by atoms with Crippen LogP contribution in [-0.4, -0.2) is 0 Å². The molecule has 272 valence electrons. The summed E-state index contributed by atoms with van der Waals surface area (Å²) in [5, 5.41) is 7.51. The van der Waals surface area contributed by atoms with Gasteiger partial charge in [-0.15, -0.1) is 11.3 Å². The Morgan fingerprint density at radius 2 is 0.828 bits per heavy atom. The van der Waals surface area contributed by atoms with Crippen molar-refractivity contribution in [3.63, 3.8) is 0 Å². The van der Waals surface area contributed by atoms with Crippen molar-refractivity contribution >= 4 is 70.1 Å². The fourth-order valence-corrected chi connectivity index (χ4v) is 10.1. The van der Waals surface area contributed by atoms with Gasteiger partial charge in [-0.05, 0) is 79.9 Å². The zero-order valence-corrected chi connectivity index (χ0v) is 32.5. The molecule has 1 aromatic heterocycles. The van der Waals surface area contributed by atoms with Gasteiger partial charge in [0.15, 0.2) is 0 Å². The van der Waals surface area contributed by atoms with E-state index < -0.39 is 0 Å². The van der Waals surface area contributed by atoms with Gasteiger partial charge in [-0.25, -0.2) is 0 Å². The van der Waals surface area contributed by atoms with E-state index in [1.807, 2.05) is 11.3 Å². The van der Waals surface area contributed by atoms with E-state index in [-0.39, 0.29) is 0 Å². The monoisotopic (exact) mass is 755 g/mol. The number of rotatable bonds is 7. The SMILES string of the molecule is c1ccc(-c2cccc(-c3c(N(c4ccc(-c5cccc6c5sc5ccccc56)cc4)c4ccccc4-c4ccccc4)c4ccccc4c4ccccc34)c2)cc1. The third-order valence-electron chi connectivity index (χ3n) is 11.5. The molecule has 0 unspecified atom stereocenters. The summed E-state index contributed by atoms with van der Waals surface area (Å²) in [6, 6.07) is 82.0. The fraction of sp³-hybridized carbons (Fsp3) is 0. The smallest absolute Gasteiger partial charge is 0.0625 e. The second kappa shape index (κ2) is 14.4. The van der Waals surface area contributed by atoms with E-state index in [9.17, 15) is 0 Å². The van der Waals surface area contributed by atoms with E-state index in [1.54, 1.807) is 0 Å². The molecule has 10 aromatic carbocycles. The molecule has 0 N–H and O–H groups in total. The van der Waals surface area contributed by atoms with Crippen LogP contribution in [-0.2, 0) is 0 Å². The predicted molar refractivity (Wildman–Crippen MR) is 251 cm³/mol. The number of anilines is 3. The largest absolute Gasteiger partial charge is 0.309 e. The van der Waals surface area contributed by atoms with Crippen LogP contribution in [0.25, 0.3) is 86.2 Å². The molecular weight excluding hydrogens is 719 g/mol. The molecule has 0 bridgehead atoms. The van der Waals surface area contributed by atoms with Gasteiger partial charge in [-0.3, -0.25) is 0 Å². The average molecular weight is 756 g/mol. The number of para-hydroxylation sites is 1. The van der Waals surface area contributed by atoms with E-state index in [4.69, 9.17) is 0 Å². The molecule has 0 amide bonds. The molecule has 0 fully saturated rings. The maximum atomic E-state index is 2.52. The Morgan fingerprint density at radius 3 is 1.60 bits per heavy atom. The van der Waals surface area contributed by atoms with Gasteiger partial charge < -0.3 is 4.90 Å². The summed E-state index contributed by atoms with van der Waals surface area (Å²) in [6.07, 6.45) is 0. The highest BCUT2D eigenvalue weighted by Gasteiger charge is 2.26. The van der Waals surface area contributed by atoms with Gasteiger partial charge >= 0.3 is 0 Å². The van der Waals surface area contributed by atoms with Crippen molar-refractivity contribution in [2.45, 2.75) is 0 Å². The highest BCUT2D eigenvalue weighted by atomic mass is 32.1. The number of hydrogen-bond acceptors (Lipinski definition) is 2. The average Bonchev–Trinajstić information content (AvgIpc) is 3.69. The first-order chi connectivity index (χ1) is 28.8. The Morgan fingerprint density at radius 1 is 0.310 bits per heavy atom. The Balaban J connectivity index is 1.21. The van der Waals surface area contributed by atoms with Crippen molar-refractivity contribution in [2.75, 3.05) is 4.90 Å². The molecular formula is C56H37NS. The van der Waals surface area contributed by atoms with Gasteiger partial charge in [-0.1, -0.05) is 194 Å². The number of hydrogen-bond donors (Lipinski definition) is 0. The van der Waals surface area contributed by atoms with Crippen LogP contribution in [0.15, 0.2) is 224 Å². The Labute approximate surface area is 342 Å². The van der Waals surface area contributed by atoms with Gasteiger partial charge in [0.2, 0.25) is 0 Å². The highest BCUT2D eigenvalue weighted by molar-refractivity contribution is 7.26. The molecule has 0 saturated carbocycles. The summed E-state index contributed by atoms with van der Waals surface area (Å²) in [4.78, 5) is 2.52. The van der Waals surface area contributed by atoms with Crippen LogP contribution in [0, 0.1) is 0 Å². The Kier molecular flexibility index (Phi) is 8.42. The van der Waals surface area contributed by atoms with Crippen molar-refractivity contribution in [3.05, 3.63) is 224 Å². The number of nitrogens with zero attached hydrogens (tertiary/aromatic N) is 1. The van der Waals surface area contributed by atoms with Crippen molar-refractivity contribution in [1.82, 2.24) is 0 Å². The van der Waals surface area contributed by atoms with Crippen LogP contribution in [0.2, 0.25) is 0 Å². The molecule has 0 aliphatic rings. The van der Waals surface area contributed by atoms with Gasteiger partial charge in [0.05, 0.1) is 11.4 Å². The molecule has 0 spiro atoms. The maximum absolute atomic E-state index is 2.52. The number of fused-ring (bicyclic) bond motifs is 6. The molecule has 0 atom stereocenters. The second-order valence-electron chi connectivity index (χ2n) is 14.8. The predicted octanol–water partition coefficient (Wildman–Crippen LogP) is 16.5. The number of benzene rings is 10. The summed E-state index contributed by atoms with van der Waals surface area (Å²) in [7, 11) is 0. The maximum Gasteiger partial charge on any atom is 0.0625 e. The highest BCUT2D eigenvalue weighted by Crippen LogP contribution is 2.52. The fourth-order valence-electron chi connectivity index (χ4n) is 8.82. The zero-order chi connectivity index (χ0) is 38.4. The molecule has 0 aliphatic heterocycles. The van der Waals surface area contributed by atoms with Gasteiger partial charge in [0.25, 0.3) is 0 Å². The molecule has 0 radical (unpaired) electrons. The van der Waals surface area contributed by atoms with Crippen LogP contribution in [0.1, 0.15) is 0 Å². The van der Waals surface area contributed by atoms with Gasteiger partial charge in [0, 0.05) is 42.4 Å². The first-order valence-corrected chi connectivity index (χ1v) is 20.7. The summed E-state index contributed by atoms with van der Waals surface area (Å²) in [5.41, 5.74) is 12.9. The van der Waals surface area contributed by atoms with Gasteiger partial charge in [0.1, 0.15) is 0 Å². The summed E-state index contributed by atoms with van der Waals surface area (Å²) in [5.74, 6) is 0. The third-order valence-corrected chi connectivity index (χ3v) is 12.7. The first-order valence-electron chi connectivity index (χ1n) is 19.8. The van der Waals surface area contributed by atoms with Crippen molar-refractivity contribution < 1.29 is 0 Å². The minimum absolute atomic E-state index is 1.09. The molecule has 11 aromatic rings. The summed E-state index contributed by atoms with van der Waals surface area (Å²) < 4.78 is 2.64. The standard InChI is InChI=1S/C56H37NS/c1-3-17-38(18-4-1)41-21-15-22-42(37-41)54-49-27-9-7-24-46(49)47-25-8-10-28-50(47)55(54)57(52-31-13-11-23-44(52)39-19-5-2-6-20-39)43-35-33-40(34-36-43)45-29-16-30-51-48-26-12-14-32-53(48)58-56(45)51/h1-37H. The third kappa shape index (κ3) is 5.77. The lowest BCUT2D eigenvalue weighted by atomic mass is 9.88. The minimum atomic E-state index is 1.09. The van der Waals surface area contributed by atoms with Crippen molar-refractivity contribution in [1.29, 1.82) is 0 Å². The molecule has 11 rings (SSSR count). The van der Waals surface area contributed by atoms with E-state index in [0.717, 1.165) is 17.1 Å². The molecule has 58 heavy (non-hydrogen) atoms. The molecule has 1 heterocycles. The topological polar surface area (TPSA) is 3.24 Å². The second-order valence-corrected chi connectivity index (χ2v) is 15.9. The number of thiophene rings is 1. The molecule has 2 heteroatoms. The molecule has 1 nitrogen and oxygen atoms in total. The van der Waals surface area contributed by atoms with Crippen LogP contribution in [0.3, 0.4) is 0 Å². The molecule has 0 aliphatic carbocycles. The Hall–Kier alpha value is -7.26. The summed E-state index contributed by atoms with van der Waals surface area (Å²) in [6.45, 7) is 0. The Bertz CT molecular complexity index is 3270. The van der Waals surface area contributed by atoms with Crippen LogP contribution >= 0.6 is 11.3 Å². The van der Waals surface area contributed by atoms with E-state index >= 15 is 0 Å². The van der Waals surface area contributed by atoms with Gasteiger partial charge in [-0.2, -0.15) is 0 Å². The van der Waals surface area contributed by atoms with E-state index in [2.05, 4.69) is 229 Å². The van der Waals surface area contributed by atoms with E-state index in [0.29, 0.717) is 0 Å². The van der Waals surface area contributed by atoms with Crippen LogP contribution in [0.4, 0.5) is 17.1 Å². The molecule has 0 saturated heterocycles. The van der Waals surface area contributed by atoms with Crippen LogP contribution < -0.4 is 4.90 Å². The normalized spacial score (nSPS) is 11.4. The minimum Gasteiger partial charge on any atom is -0.309 e. The lowest BCUT2D eigenvalue weighted by molar-refractivity contribution is 1.30. The zero-order valence-electron chi connectivity index (χ0n) is 31.7. The quantitative estimate of drug-likeness (QED) is 0.146.